The number of rotatable bonds is 4. The quantitative estimate of drug-likeness (QED) is 0.784. The number of carbonyl (C=O) groups is 1. The van der Waals surface area contributed by atoms with E-state index in [1.165, 1.54) is 10.5 Å². The zero-order valence-corrected chi connectivity index (χ0v) is 14.4. The second kappa shape index (κ2) is 7.11. The van der Waals surface area contributed by atoms with E-state index in [-0.39, 0.29) is 11.9 Å². The van der Waals surface area contributed by atoms with Gasteiger partial charge in [0.05, 0.1) is 18.8 Å². The molecule has 1 aromatic heterocycles. The molecule has 6 heteroatoms. The van der Waals surface area contributed by atoms with Crippen molar-refractivity contribution in [3.05, 3.63) is 77.6 Å². The summed E-state index contributed by atoms with van der Waals surface area (Å²) >= 11 is 1.84. The third kappa shape index (κ3) is 3.58. The van der Waals surface area contributed by atoms with Crippen LogP contribution in [0.25, 0.3) is 0 Å². The Morgan fingerprint density at radius 1 is 1.16 bits per heavy atom. The molecule has 126 valence electrons. The predicted octanol–water partition coefficient (Wildman–Crippen LogP) is 3.29. The monoisotopic (exact) mass is 350 g/mol. The minimum atomic E-state index is -0.175. The van der Waals surface area contributed by atoms with Gasteiger partial charge in [0.1, 0.15) is 0 Å². The van der Waals surface area contributed by atoms with E-state index in [9.17, 15) is 4.79 Å². The first-order valence-corrected chi connectivity index (χ1v) is 9.25. The molecule has 2 heterocycles. The molecule has 0 radical (unpaired) electrons. The fourth-order valence-electron chi connectivity index (χ4n) is 2.97. The Hall–Kier alpha value is -2.60. The molecule has 0 bridgehead atoms. The summed E-state index contributed by atoms with van der Waals surface area (Å²) in [7, 11) is 0. The van der Waals surface area contributed by atoms with E-state index < -0.39 is 0 Å². The maximum atomic E-state index is 12.6. The Morgan fingerprint density at radius 3 is 2.84 bits per heavy atom. The zero-order chi connectivity index (χ0) is 17.1. The fraction of sp³-hybridized carbons (Fsp3) is 0.211. The van der Waals surface area contributed by atoms with Crippen molar-refractivity contribution in [1.82, 2.24) is 20.3 Å². The lowest BCUT2D eigenvalue weighted by atomic mass is 10.0. The number of fused-ring (bicyclic) bond motifs is 1. The van der Waals surface area contributed by atoms with E-state index in [2.05, 4.69) is 27.8 Å². The van der Waals surface area contributed by atoms with Crippen LogP contribution in [0.4, 0.5) is 0 Å². The number of aromatic nitrogens is 3. The van der Waals surface area contributed by atoms with Crippen LogP contribution in [0.5, 0.6) is 0 Å². The number of carbonyl (C=O) groups excluding carboxylic acids is 1. The molecule has 1 amide bonds. The maximum absolute atomic E-state index is 12.6. The van der Waals surface area contributed by atoms with Crippen molar-refractivity contribution in [2.45, 2.75) is 23.9 Å². The van der Waals surface area contributed by atoms with Crippen LogP contribution >= 0.6 is 11.8 Å². The first kappa shape index (κ1) is 15.9. The van der Waals surface area contributed by atoms with E-state index in [4.69, 9.17) is 0 Å². The highest BCUT2D eigenvalue weighted by Crippen LogP contribution is 2.35. The lowest BCUT2D eigenvalue weighted by Crippen LogP contribution is -2.30. The van der Waals surface area contributed by atoms with Gasteiger partial charge < -0.3 is 5.32 Å². The summed E-state index contributed by atoms with van der Waals surface area (Å²) < 4.78 is 1.69. The Balaban J connectivity index is 1.46. The van der Waals surface area contributed by atoms with Crippen LogP contribution in [-0.4, -0.2) is 26.7 Å². The van der Waals surface area contributed by atoms with Crippen LogP contribution in [-0.2, 0) is 6.54 Å². The number of benzene rings is 2. The maximum Gasteiger partial charge on any atom is 0.273 e. The Kier molecular flexibility index (Phi) is 4.52. The van der Waals surface area contributed by atoms with Gasteiger partial charge in [-0.3, -0.25) is 4.79 Å². The minimum absolute atomic E-state index is 0.0317. The van der Waals surface area contributed by atoms with Crippen LogP contribution in [0.3, 0.4) is 0 Å². The molecule has 1 atom stereocenters. The van der Waals surface area contributed by atoms with Crippen LogP contribution in [0, 0.1) is 0 Å². The van der Waals surface area contributed by atoms with Crippen molar-refractivity contribution in [2.75, 3.05) is 5.75 Å². The fourth-order valence-corrected chi connectivity index (χ4v) is 4.10. The SMILES string of the molecule is O=C(N[C@@H]1CCSc2ccccc21)c1cn(Cc2ccccc2)nn1. The van der Waals surface area contributed by atoms with Gasteiger partial charge in [-0.25, -0.2) is 4.68 Å². The molecule has 5 nitrogen and oxygen atoms in total. The molecular weight excluding hydrogens is 332 g/mol. The topological polar surface area (TPSA) is 59.8 Å². The third-order valence-electron chi connectivity index (χ3n) is 4.22. The van der Waals surface area contributed by atoms with Gasteiger partial charge in [-0.2, -0.15) is 0 Å². The van der Waals surface area contributed by atoms with Crippen molar-refractivity contribution in [2.24, 2.45) is 0 Å². The Labute approximate surface area is 150 Å². The average molecular weight is 350 g/mol. The van der Waals surface area contributed by atoms with Crippen LogP contribution in [0.2, 0.25) is 0 Å². The van der Waals surface area contributed by atoms with Gasteiger partial charge in [0, 0.05) is 10.6 Å². The number of hydrogen-bond donors (Lipinski definition) is 1. The summed E-state index contributed by atoms with van der Waals surface area (Å²) in [4.78, 5) is 13.8. The summed E-state index contributed by atoms with van der Waals surface area (Å²) in [5.41, 5.74) is 2.66. The highest BCUT2D eigenvalue weighted by molar-refractivity contribution is 7.99. The smallest absolute Gasteiger partial charge is 0.273 e. The number of nitrogens with zero attached hydrogens (tertiary/aromatic N) is 3. The van der Waals surface area contributed by atoms with Gasteiger partial charge in [0.25, 0.3) is 5.91 Å². The molecule has 0 unspecified atom stereocenters. The molecule has 0 spiro atoms. The highest BCUT2D eigenvalue weighted by atomic mass is 32.2. The lowest BCUT2D eigenvalue weighted by Gasteiger charge is -2.25. The summed E-state index contributed by atoms with van der Waals surface area (Å²) in [6, 6.07) is 18.3. The molecule has 4 rings (SSSR count). The number of thioether (sulfide) groups is 1. The van der Waals surface area contributed by atoms with Crippen molar-refractivity contribution in [3.63, 3.8) is 0 Å². The van der Waals surface area contributed by atoms with Crippen molar-refractivity contribution >= 4 is 17.7 Å². The van der Waals surface area contributed by atoms with Crippen LogP contribution in [0.1, 0.15) is 34.1 Å². The highest BCUT2D eigenvalue weighted by Gasteiger charge is 2.23. The van der Waals surface area contributed by atoms with E-state index >= 15 is 0 Å². The number of nitrogens with one attached hydrogen (secondary N) is 1. The molecule has 25 heavy (non-hydrogen) atoms. The van der Waals surface area contributed by atoms with E-state index in [0.29, 0.717) is 12.2 Å². The first-order chi connectivity index (χ1) is 12.3. The Bertz CT molecular complexity index is 878. The minimum Gasteiger partial charge on any atom is -0.344 e. The lowest BCUT2D eigenvalue weighted by molar-refractivity contribution is 0.0930. The van der Waals surface area contributed by atoms with Gasteiger partial charge in [-0.05, 0) is 23.6 Å². The number of amides is 1. The Morgan fingerprint density at radius 2 is 1.96 bits per heavy atom. The summed E-state index contributed by atoms with van der Waals surface area (Å²) in [6.45, 7) is 0.601. The van der Waals surface area contributed by atoms with Crippen LogP contribution in [0.15, 0.2) is 65.7 Å². The van der Waals surface area contributed by atoms with Crippen molar-refractivity contribution in [1.29, 1.82) is 0 Å². The molecule has 0 aliphatic carbocycles. The molecule has 0 saturated carbocycles. The number of hydrogen-bond acceptors (Lipinski definition) is 4. The molecule has 0 fully saturated rings. The van der Waals surface area contributed by atoms with Gasteiger partial charge in [-0.1, -0.05) is 53.7 Å². The molecule has 0 saturated heterocycles. The molecule has 3 aromatic rings. The third-order valence-corrected chi connectivity index (χ3v) is 5.35. The normalized spacial score (nSPS) is 16.2. The van der Waals surface area contributed by atoms with Crippen molar-refractivity contribution in [3.8, 4) is 0 Å². The average Bonchev–Trinajstić information content (AvgIpc) is 3.11. The van der Waals surface area contributed by atoms with E-state index in [0.717, 1.165) is 17.7 Å². The molecule has 1 aliphatic heterocycles. The van der Waals surface area contributed by atoms with E-state index in [1.54, 1.807) is 10.9 Å². The summed E-state index contributed by atoms with van der Waals surface area (Å²) in [6.07, 6.45) is 2.62. The summed E-state index contributed by atoms with van der Waals surface area (Å²) in [5.74, 6) is 0.828. The first-order valence-electron chi connectivity index (χ1n) is 8.26. The van der Waals surface area contributed by atoms with Gasteiger partial charge in [-0.15, -0.1) is 16.9 Å². The van der Waals surface area contributed by atoms with E-state index in [1.807, 2.05) is 54.2 Å². The predicted molar refractivity (Wildman–Crippen MR) is 97.6 cm³/mol. The molecule has 2 aromatic carbocycles. The van der Waals surface area contributed by atoms with Crippen molar-refractivity contribution < 1.29 is 4.79 Å². The zero-order valence-electron chi connectivity index (χ0n) is 13.6. The largest absolute Gasteiger partial charge is 0.344 e. The van der Waals surface area contributed by atoms with Gasteiger partial charge in [0.15, 0.2) is 5.69 Å². The van der Waals surface area contributed by atoms with Gasteiger partial charge >= 0.3 is 0 Å². The molecule has 1 aliphatic rings. The van der Waals surface area contributed by atoms with Gasteiger partial charge in [0.2, 0.25) is 0 Å². The second-order valence-electron chi connectivity index (χ2n) is 5.99. The standard InChI is InChI=1S/C19H18N4OS/c24-19(20-16-10-11-25-18-9-5-4-8-15(16)18)17-13-23(22-21-17)12-14-6-2-1-3-7-14/h1-9,13,16H,10-12H2,(H,20,24)/t16-/m1/s1. The van der Waals surface area contributed by atoms with Crippen LogP contribution < -0.4 is 5.32 Å². The molecular formula is C19H18N4OS. The summed E-state index contributed by atoms with van der Waals surface area (Å²) in [5, 5.41) is 11.2. The molecule has 1 N–H and O–H groups in total. The second-order valence-corrected chi connectivity index (χ2v) is 7.12.